The Morgan fingerprint density at radius 1 is 1.07 bits per heavy atom. The van der Waals surface area contributed by atoms with Crippen molar-refractivity contribution in [3.63, 3.8) is 0 Å². The Kier molecular flexibility index (Phi) is 4.71. The molecule has 2 aromatic carbocycles. The number of hydrogen-bond donors (Lipinski definition) is 2. The molecule has 1 amide bonds. The number of primary amides is 1. The van der Waals surface area contributed by atoms with Crippen molar-refractivity contribution in [2.45, 2.75) is 6.92 Å². The average Bonchev–Trinajstić information content (AvgIpc) is 3.07. The number of carbonyl (C=O) groups excluding carboxylic acids is 1. The summed E-state index contributed by atoms with van der Waals surface area (Å²) in [6, 6.07) is 12.5. The van der Waals surface area contributed by atoms with E-state index in [-0.39, 0.29) is 22.7 Å². The van der Waals surface area contributed by atoms with E-state index in [9.17, 15) is 9.59 Å². The summed E-state index contributed by atoms with van der Waals surface area (Å²) in [5.41, 5.74) is 7.57. The fraction of sp³-hybridized carbons (Fsp3) is 0.143. The van der Waals surface area contributed by atoms with Gasteiger partial charge in [-0.05, 0) is 25.1 Å². The molecule has 4 aromatic rings. The molecule has 9 nitrogen and oxygen atoms in total. The maximum absolute atomic E-state index is 12.8. The van der Waals surface area contributed by atoms with Gasteiger partial charge in [-0.2, -0.15) is 0 Å². The summed E-state index contributed by atoms with van der Waals surface area (Å²) in [4.78, 5) is 36.4. The second kappa shape index (κ2) is 7.36. The van der Waals surface area contributed by atoms with E-state index < -0.39 is 11.6 Å². The molecule has 2 aromatic heterocycles. The molecule has 0 saturated heterocycles. The minimum atomic E-state index is -0.767. The Balaban J connectivity index is 2.03. The van der Waals surface area contributed by atoms with Crippen molar-refractivity contribution < 1.29 is 14.3 Å². The molecule has 0 radical (unpaired) electrons. The molecular weight excluding hydrogens is 386 g/mol. The standard InChI is InChI=1S/C21H19N5O4/c1-11-5-4-6-12(9-11)19-23-16(18(22)27)17-20(25-19)26(21(28)24-17)13-7-8-14(29-2)15(10-13)30-3/h4-10H,1-3H3,(H2,22,27)(H,24,28). The van der Waals surface area contributed by atoms with E-state index in [0.717, 1.165) is 5.56 Å². The predicted molar refractivity (Wildman–Crippen MR) is 111 cm³/mol. The van der Waals surface area contributed by atoms with Crippen molar-refractivity contribution in [1.82, 2.24) is 19.5 Å². The van der Waals surface area contributed by atoms with Crippen LogP contribution >= 0.6 is 0 Å². The van der Waals surface area contributed by atoms with Crippen LogP contribution in [0.2, 0.25) is 0 Å². The quantitative estimate of drug-likeness (QED) is 0.524. The topological polar surface area (TPSA) is 125 Å². The lowest BCUT2D eigenvalue weighted by Gasteiger charge is -2.10. The highest BCUT2D eigenvalue weighted by atomic mass is 16.5. The van der Waals surface area contributed by atoms with E-state index in [2.05, 4.69) is 15.0 Å². The number of carbonyl (C=O) groups is 1. The van der Waals surface area contributed by atoms with Crippen molar-refractivity contribution in [1.29, 1.82) is 0 Å². The van der Waals surface area contributed by atoms with Crippen LogP contribution in [0.3, 0.4) is 0 Å². The monoisotopic (exact) mass is 405 g/mol. The number of H-pyrrole nitrogens is 1. The van der Waals surface area contributed by atoms with Gasteiger partial charge in [-0.25, -0.2) is 19.3 Å². The number of methoxy groups -OCH3 is 2. The van der Waals surface area contributed by atoms with Crippen LogP contribution in [0.4, 0.5) is 0 Å². The Bertz CT molecular complexity index is 1340. The Morgan fingerprint density at radius 3 is 2.50 bits per heavy atom. The predicted octanol–water partition coefficient (Wildman–Crippen LogP) is 2.20. The van der Waals surface area contributed by atoms with Crippen molar-refractivity contribution in [3.05, 3.63) is 64.2 Å². The molecule has 0 fully saturated rings. The first-order valence-electron chi connectivity index (χ1n) is 9.05. The smallest absolute Gasteiger partial charge is 0.332 e. The van der Waals surface area contributed by atoms with Gasteiger partial charge < -0.3 is 20.2 Å². The van der Waals surface area contributed by atoms with E-state index in [1.807, 2.05) is 31.2 Å². The molecule has 4 rings (SSSR count). The van der Waals surface area contributed by atoms with Crippen molar-refractivity contribution >= 4 is 17.1 Å². The molecule has 30 heavy (non-hydrogen) atoms. The summed E-state index contributed by atoms with van der Waals surface area (Å²) in [7, 11) is 3.03. The number of aromatic nitrogens is 4. The molecule has 0 aliphatic rings. The summed E-state index contributed by atoms with van der Waals surface area (Å²) in [5.74, 6) is 0.478. The van der Waals surface area contributed by atoms with Crippen LogP contribution in [-0.2, 0) is 0 Å². The SMILES string of the molecule is COc1ccc(-n2c(=O)[nH]c3c(C(N)=O)nc(-c4cccc(C)c4)nc32)cc1OC. The third kappa shape index (κ3) is 3.16. The number of amides is 1. The van der Waals surface area contributed by atoms with Gasteiger partial charge in [0.05, 0.1) is 19.9 Å². The highest BCUT2D eigenvalue weighted by Gasteiger charge is 2.21. The zero-order valence-electron chi connectivity index (χ0n) is 16.6. The van der Waals surface area contributed by atoms with E-state index in [1.54, 1.807) is 18.2 Å². The van der Waals surface area contributed by atoms with E-state index in [4.69, 9.17) is 15.2 Å². The maximum atomic E-state index is 12.8. The number of ether oxygens (including phenoxy) is 2. The van der Waals surface area contributed by atoms with Crippen LogP contribution in [0.5, 0.6) is 11.5 Å². The van der Waals surface area contributed by atoms with Gasteiger partial charge in [-0.3, -0.25) is 4.79 Å². The summed E-state index contributed by atoms with van der Waals surface area (Å²) >= 11 is 0. The van der Waals surface area contributed by atoms with Gasteiger partial charge in [-0.1, -0.05) is 23.8 Å². The first kappa shape index (κ1) is 19.2. The number of imidazole rings is 1. The second-order valence-electron chi connectivity index (χ2n) is 6.63. The number of nitrogens with two attached hydrogens (primary N) is 1. The summed E-state index contributed by atoms with van der Waals surface area (Å²) < 4.78 is 11.9. The molecule has 9 heteroatoms. The number of hydrogen-bond acceptors (Lipinski definition) is 6. The van der Waals surface area contributed by atoms with Gasteiger partial charge in [0.25, 0.3) is 5.91 Å². The van der Waals surface area contributed by atoms with Gasteiger partial charge in [0.2, 0.25) is 0 Å². The average molecular weight is 405 g/mol. The summed E-state index contributed by atoms with van der Waals surface area (Å²) in [5, 5.41) is 0. The van der Waals surface area contributed by atoms with E-state index >= 15 is 0 Å². The Labute approximate surface area is 171 Å². The maximum Gasteiger partial charge on any atom is 0.332 e. The molecule has 152 valence electrons. The van der Waals surface area contributed by atoms with Gasteiger partial charge in [0.1, 0.15) is 5.52 Å². The van der Waals surface area contributed by atoms with E-state index in [0.29, 0.717) is 22.7 Å². The van der Waals surface area contributed by atoms with Crippen LogP contribution in [0, 0.1) is 6.92 Å². The molecule has 2 heterocycles. The molecule has 0 atom stereocenters. The fourth-order valence-electron chi connectivity index (χ4n) is 3.28. The molecule has 0 unspecified atom stereocenters. The highest BCUT2D eigenvalue weighted by molar-refractivity contribution is 6.02. The molecular formula is C21H19N5O4. The summed E-state index contributed by atoms with van der Waals surface area (Å²) in [6.45, 7) is 1.94. The van der Waals surface area contributed by atoms with Gasteiger partial charge in [0.15, 0.2) is 28.7 Å². The van der Waals surface area contributed by atoms with Crippen molar-refractivity contribution in [2.75, 3.05) is 14.2 Å². The zero-order chi connectivity index (χ0) is 21.4. The number of aryl methyl sites for hydroxylation is 1. The van der Waals surface area contributed by atoms with Gasteiger partial charge in [0, 0.05) is 11.6 Å². The summed E-state index contributed by atoms with van der Waals surface area (Å²) in [6.07, 6.45) is 0. The third-order valence-electron chi connectivity index (χ3n) is 4.67. The molecule has 0 saturated carbocycles. The molecule has 3 N–H and O–H groups in total. The van der Waals surface area contributed by atoms with Crippen LogP contribution in [0.15, 0.2) is 47.3 Å². The number of fused-ring (bicyclic) bond motifs is 1. The van der Waals surface area contributed by atoms with Crippen molar-refractivity contribution in [3.8, 4) is 28.6 Å². The highest BCUT2D eigenvalue weighted by Crippen LogP contribution is 2.30. The first-order chi connectivity index (χ1) is 14.4. The minimum Gasteiger partial charge on any atom is -0.493 e. The zero-order valence-corrected chi connectivity index (χ0v) is 16.6. The van der Waals surface area contributed by atoms with Gasteiger partial charge >= 0.3 is 5.69 Å². The lowest BCUT2D eigenvalue weighted by Crippen LogP contribution is -2.15. The Hall–Kier alpha value is -4.14. The lowest BCUT2D eigenvalue weighted by atomic mass is 10.1. The fourth-order valence-corrected chi connectivity index (χ4v) is 3.28. The van der Waals surface area contributed by atoms with Crippen LogP contribution in [0.1, 0.15) is 16.1 Å². The Morgan fingerprint density at radius 2 is 1.83 bits per heavy atom. The van der Waals surface area contributed by atoms with Crippen LogP contribution in [0.25, 0.3) is 28.2 Å². The molecule has 0 aliphatic heterocycles. The van der Waals surface area contributed by atoms with Gasteiger partial charge in [-0.15, -0.1) is 0 Å². The minimum absolute atomic E-state index is 0.0622. The molecule has 0 aliphatic carbocycles. The number of benzene rings is 2. The van der Waals surface area contributed by atoms with Crippen LogP contribution in [-0.4, -0.2) is 39.6 Å². The molecule has 0 bridgehead atoms. The number of nitrogens with one attached hydrogen (secondary N) is 1. The number of rotatable bonds is 5. The number of aromatic amines is 1. The van der Waals surface area contributed by atoms with E-state index in [1.165, 1.54) is 18.8 Å². The van der Waals surface area contributed by atoms with Crippen molar-refractivity contribution in [2.24, 2.45) is 5.73 Å². The molecule has 0 spiro atoms. The van der Waals surface area contributed by atoms with Crippen LogP contribution < -0.4 is 20.9 Å². The lowest BCUT2D eigenvalue weighted by molar-refractivity contribution is 0.0997. The largest absolute Gasteiger partial charge is 0.493 e. The first-order valence-corrected chi connectivity index (χ1v) is 9.05. The normalized spacial score (nSPS) is 10.9. The second-order valence-corrected chi connectivity index (χ2v) is 6.63. The third-order valence-corrected chi connectivity index (χ3v) is 4.67. The number of nitrogens with zero attached hydrogens (tertiary/aromatic N) is 3.